The minimum atomic E-state index is -0.421. The van der Waals surface area contributed by atoms with Crippen LogP contribution in [-0.4, -0.2) is 27.1 Å². The molecule has 1 aromatic carbocycles. The first-order valence-corrected chi connectivity index (χ1v) is 9.04. The molecule has 0 saturated heterocycles. The molecule has 1 atom stereocenters. The highest BCUT2D eigenvalue weighted by Crippen LogP contribution is 2.38. The number of fused-ring (bicyclic) bond motifs is 1. The van der Waals surface area contributed by atoms with Crippen LogP contribution in [0.2, 0.25) is 0 Å². The van der Waals surface area contributed by atoms with Crippen LogP contribution in [0.5, 0.6) is 0 Å². The zero-order valence-electron chi connectivity index (χ0n) is 15.0. The number of H-pyrrole nitrogens is 1. The first kappa shape index (κ1) is 17.4. The van der Waals surface area contributed by atoms with E-state index in [0.717, 1.165) is 16.5 Å². The number of amides is 1. The molecule has 6 nitrogen and oxygen atoms in total. The third kappa shape index (κ3) is 3.48. The van der Waals surface area contributed by atoms with Gasteiger partial charge in [-0.15, -0.1) is 0 Å². The predicted molar refractivity (Wildman–Crippen MR) is 102 cm³/mol. The predicted octanol–water partition coefficient (Wildman–Crippen LogP) is 2.47. The molecule has 1 fully saturated rings. The molecule has 1 unspecified atom stereocenters. The van der Waals surface area contributed by atoms with Gasteiger partial charge in [0.15, 0.2) is 5.43 Å². The van der Waals surface area contributed by atoms with Gasteiger partial charge < -0.3 is 15.4 Å². The Morgan fingerprint density at radius 2 is 2.07 bits per heavy atom. The van der Waals surface area contributed by atoms with Gasteiger partial charge in [-0.1, -0.05) is 18.2 Å². The van der Waals surface area contributed by atoms with Crippen LogP contribution in [0.25, 0.3) is 10.9 Å². The molecule has 1 aliphatic rings. The largest absolute Gasteiger partial charge is 0.393 e. The standard InChI is InChI=1S/C21H21N3O3/c1-12-6-19(26)17(11-22-12)21(27)24-20(14-8-16(25)9-14)15-7-13-4-2-3-5-18(13)23-10-15/h2-7,10-11,14,16,20,25H,8-9H2,1H3,(H,22,26)(H,24,27). The van der Waals surface area contributed by atoms with Gasteiger partial charge in [-0.25, -0.2) is 0 Å². The van der Waals surface area contributed by atoms with E-state index in [-0.39, 0.29) is 29.1 Å². The zero-order valence-corrected chi connectivity index (χ0v) is 15.0. The number of carbonyl (C=O) groups is 1. The average Bonchev–Trinajstić information content (AvgIpc) is 2.63. The second-order valence-electron chi connectivity index (χ2n) is 7.19. The Morgan fingerprint density at radius 1 is 1.30 bits per heavy atom. The maximum absolute atomic E-state index is 12.7. The summed E-state index contributed by atoms with van der Waals surface area (Å²) < 4.78 is 0. The number of aromatic amines is 1. The molecule has 0 aliphatic heterocycles. The SMILES string of the molecule is Cc1cc(=O)c(C(=O)NC(c2cnc3ccccc3c2)C2CC(O)C2)c[nH]1. The zero-order chi connectivity index (χ0) is 19.0. The number of aromatic nitrogens is 2. The Bertz CT molecular complexity index is 1050. The van der Waals surface area contributed by atoms with Gasteiger partial charge in [-0.05, 0) is 43.4 Å². The maximum atomic E-state index is 12.7. The number of aliphatic hydroxyl groups excluding tert-OH is 1. The van der Waals surface area contributed by atoms with Gasteiger partial charge in [0.05, 0.1) is 17.7 Å². The number of benzene rings is 1. The van der Waals surface area contributed by atoms with Gasteiger partial charge in [0, 0.05) is 29.5 Å². The highest BCUT2D eigenvalue weighted by atomic mass is 16.3. The lowest BCUT2D eigenvalue weighted by Crippen LogP contribution is -2.42. The first-order valence-electron chi connectivity index (χ1n) is 9.04. The van der Waals surface area contributed by atoms with E-state index < -0.39 is 5.91 Å². The van der Waals surface area contributed by atoms with E-state index in [1.165, 1.54) is 12.3 Å². The number of rotatable bonds is 4. The van der Waals surface area contributed by atoms with E-state index in [2.05, 4.69) is 15.3 Å². The van der Waals surface area contributed by atoms with Gasteiger partial charge in [0.1, 0.15) is 5.56 Å². The topological polar surface area (TPSA) is 95.1 Å². The summed E-state index contributed by atoms with van der Waals surface area (Å²) >= 11 is 0. The summed E-state index contributed by atoms with van der Waals surface area (Å²) in [5, 5.41) is 13.7. The van der Waals surface area contributed by atoms with E-state index in [1.807, 2.05) is 30.3 Å². The maximum Gasteiger partial charge on any atom is 0.257 e. The van der Waals surface area contributed by atoms with Crippen molar-refractivity contribution in [3.63, 3.8) is 0 Å². The second-order valence-corrected chi connectivity index (χ2v) is 7.19. The van der Waals surface area contributed by atoms with Crippen LogP contribution in [0, 0.1) is 12.8 Å². The minimum Gasteiger partial charge on any atom is -0.393 e. The van der Waals surface area contributed by atoms with Crippen molar-refractivity contribution in [1.82, 2.24) is 15.3 Å². The van der Waals surface area contributed by atoms with Gasteiger partial charge in [-0.3, -0.25) is 14.6 Å². The van der Waals surface area contributed by atoms with Crippen molar-refractivity contribution in [2.24, 2.45) is 5.92 Å². The van der Waals surface area contributed by atoms with Crippen LogP contribution < -0.4 is 10.7 Å². The number of hydrogen-bond acceptors (Lipinski definition) is 4. The molecule has 1 saturated carbocycles. The normalized spacial score (nSPS) is 20.1. The molecule has 1 amide bonds. The van der Waals surface area contributed by atoms with Crippen LogP contribution in [0.1, 0.15) is 40.5 Å². The number of carbonyl (C=O) groups excluding carboxylic acids is 1. The van der Waals surface area contributed by atoms with E-state index in [4.69, 9.17) is 0 Å². The Kier molecular flexibility index (Phi) is 4.49. The summed E-state index contributed by atoms with van der Waals surface area (Å²) in [6.45, 7) is 1.77. The number of hydrogen-bond donors (Lipinski definition) is 3. The third-order valence-corrected chi connectivity index (χ3v) is 5.18. The van der Waals surface area contributed by atoms with Crippen LogP contribution in [0.3, 0.4) is 0 Å². The summed E-state index contributed by atoms with van der Waals surface area (Å²) in [6, 6.07) is 10.9. The molecule has 27 heavy (non-hydrogen) atoms. The molecule has 6 heteroatoms. The molecule has 4 rings (SSSR count). The molecule has 1 aliphatic carbocycles. The second kappa shape index (κ2) is 6.96. The van der Waals surface area contributed by atoms with Crippen LogP contribution in [-0.2, 0) is 0 Å². The minimum absolute atomic E-state index is 0.0826. The monoisotopic (exact) mass is 363 g/mol. The Hall–Kier alpha value is -2.99. The third-order valence-electron chi connectivity index (χ3n) is 5.18. The van der Waals surface area contributed by atoms with Crippen molar-refractivity contribution in [3.05, 3.63) is 75.8 Å². The summed E-state index contributed by atoms with van der Waals surface area (Å²) in [6.07, 6.45) is 4.09. The first-order chi connectivity index (χ1) is 13.0. The number of aryl methyl sites for hydroxylation is 1. The van der Waals surface area contributed by atoms with Crippen molar-refractivity contribution in [2.45, 2.75) is 31.9 Å². The number of aliphatic hydroxyl groups is 1. The average molecular weight is 363 g/mol. The molecule has 2 heterocycles. The van der Waals surface area contributed by atoms with Crippen LogP contribution in [0.4, 0.5) is 0 Å². The Morgan fingerprint density at radius 3 is 2.81 bits per heavy atom. The Balaban J connectivity index is 1.66. The van der Waals surface area contributed by atoms with Crippen LogP contribution in [0.15, 0.2) is 53.6 Å². The summed E-state index contributed by atoms with van der Waals surface area (Å²) in [4.78, 5) is 32.3. The van der Waals surface area contributed by atoms with Crippen molar-refractivity contribution in [1.29, 1.82) is 0 Å². The quantitative estimate of drug-likeness (QED) is 0.664. The Labute approximate surface area is 156 Å². The van der Waals surface area contributed by atoms with Crippen molar-refractivity contribution >= 4 is 16.8 Å². The molecule has 138 valence electrons. The number of nitrogens with zero attached hydrogens (tertiary/aromatic N) is 1. The van der Waals surface area contributed by atoms with Gasteiger partial charge in [-0.2, -0.15) is 0 Å². The van der Waals surface area contributed by atoms with Crippen molar-refractivity contribution in [3.8, 4) is 0 Å². The molecular formula is C21H21N3O3. The molecule has 2 aromatic heterocycles. The van der Waals surface area contributed by atoms with E-state index in [0.29, 0.717) is 18.5 Å². The lowest BCUT2D eigenvalue weighted by molar-refractivity contribution is 0.0235. The molecule has 0 bridgehead atoms. The molecular weight excluding hydrogens is 342 g/mol. The van der Waals surface area contributed by atoms with E-state index >= 15 is 0 Å². The highest BCUT2D eigenvalue weighted by molar-refractivity contribution is 5.94. The van der Waals surface area contributed by atoms with Gasteiger partial charge >= 0.3 is 0 Å². The van der Waals surface area contributed by atoms with Crippen molar-refractivity contribution < 1.29 is 9.90 Å². The molecule has 3 aromatic rings. The summed E-state index contributed by atoms with van der Waals surface area (Å²) in [5.74, 6) is -0.313. The van der Waals surface area contributed by atoms with Crippen LogP contribution >= 0.6 is 0 Å². The molecule has 0 spiro atoms. The van der Waals surface area contributed by atoms with Crippen molar-refractivity contribution in [2.75, 3.05) is 0 Å². The lowest BCUT2D eigenvalue weighted by atomic mass is 9.75. The fourth-order valence-electron chi connectivity index (χ4n) is 3.60. The van der Waals surface area contributed by atoms with E-state index in [9.17, 15) is 14.7 Å². The molecule has 0 radical (unpaired) electrons. The lowest BCUT2D eigenvalue weighted by Gasteiger charge is -2.38. The highest BCUT2D eigenvalue weighted by Gasteiger charge is 2.36. The van der Waals surface area contributed by atoms with Gasteiger partial charge in [0.2, 0.25) is 0 Å². The van der Waals surface area contributed by atoms with Gasteiger partial charge in [0.25, 0.3) is 5.91 Å². The number of pyridine rings is 2. The fraction of sp³-hybridized carbons (Fsp3) is 0.286. The summed E-state index contributed by atoms with van der Waals surface area (Å²) in [5.41, 5.74) is 2.23. The summed E-state index contributed by atoms with van der Waals surface area (Å²) in [7, 11) is 0. The number of nitrogens with one attached hydrogen (secondary N) is 2. The van der Waals surface area contributed by atoms with E-state index in [1.54, 1.807) is 13.1 Å². The smallest absolute Gasteiger partial charge is 0.257 e. The number of para-hydroxylation sites is 1. The molecule has 3 N–H and O–H groups in total. The fourth-order valence-corrected chi connectivity index (χ4v) is 3.60.